The highest BCUT2D eigenvalue weighted by Gasteiger charge is 2.34. The number of alkyl halides is 3. The molecule has 0 spiro atoms. The van der Waals surface area contributed by atoms with Crippen LogP contribution in [0.15, 0.2) is 18.3 Å². The van der Waals surface area contributed by atoms with Gasteiger partial charge in [0.05, 0.1) is 11.4 Å². The molecule has 1 aliphatic rings. The first kappa shape index (κ1) is 13.6. The van der Waals surface area contributed by atoms with Gasteiger partial charge in [-0.05, 0) is 25.0 Å². The van der Waals surface area contributed by atoms with Crippen LogP contribution in [0.25, 0.3) is 0 Å². The van der Waals surface area contributed by atoms with E-state index >= 15 is 0 Å². The number of anilines is 1. The van der Waals surface area contributed by atoms with Crippen LogP contribution >= 0.6 is 0 Å². The molecule has 0 amide bonds. The van der Waals surface area contributed by atoms with Gasteiger partial charge in [-0.2, -0.15) is 13.2 Å². The van der Waals surface area contributed by atoms with Crippen molar-refractivity contribution in [3.05, 3.63) is 23.9 Å². The number of rotatable bonds is 5. The number of hydrogen-bond donors (Lipinski definition) is 2. The van der Waals surface area contributed by atoms with Gasteiger partial charge in [0.2, 0.25) is 0 Å². The van der Waals surface area contributed by atoms with Crippen molar-refractivity contribution in [1.29, 1.82) is 5.41 Å². The van der Waals surface area contributed by atoms with Crippen molar-refractivity contribution in [2.75, 3.05) is 11.4 Å². The molecule has 0 radical (unpaired) electrons. The highest BCUT2D eigenvalue weighted by Crippen LogP contribution is 2.34. The Morgan fingerprint density at radius 3 is 2.68 bits per heavy atom. The maximum atomic E-state index is 12.7. The molecule has 0 aromatic carbocycles. The molecule has 0 atom stereocenters. The molecule has 7 heteroatoms. The molecular weight excluding hydrogens is 257 g/mol. The van der Waals surface area contributed by atoms with Gasteiger partial charge < -0.3 is 10.6 Å². The van der Waals surface area contributed by atoms with Crippen LogP contribution in [-0.4, -0.2) is 23.4 Å². The molecule has 1 aromatic heterocycles. The molecular formula is C12H15F3N4. The minimum Gasteiger partial charge on any atom is -0.388 e. The predicted molar refractivity (Wildman–Crippen MR) is 66.1 cm³/mol. The molecule has 1 heterocycles. The van der Waals surface area contributed by atoms with Crippen LogP contribution in [0.4, 0.5) is 19.0 Å². The van der Waals surface area contributed by atoms with Gasteiger partial charge in [0.25, 0.3) is 0 Å². The lowest BCUT2D eigenvalue weighted by Gasteiger charge is -2.24. The van der Waals surface area contributed by atoms with Gasteiger partial charge in [0, 0.05) is 25.2 Å². The van der Waals surface area contributed by atoms with E-state index < -0.39 is 11.7 Å². The Hall–Kier alpha value is -1.79. The standard InChI is InChI=1S/C12H15F3N4/c13-12(14,15)8-3-5-18-11(7-8)19(9-1-2-9)6-4-10(16)17/h3,5,7,9H,1-2,4,6H2,(H3,16,17). The SMILES string of the molecule is N=C(N)CCN(c1cc(C(F)(F)F)ccn1)C1CC1. The number of nitrogens with two attached hydrogens (primary N) is 1. The largest absolute Gasteiger partial charge is 0.416 e. The third kappa shape index (κ3) is 3.59. The van der Waals surface area contributed by atoms with E-state index in [9.17, 15) is 13.2 Å². The Kier molecular flexibility index (Phi) is 3.64. The van der Waals surface area contributed by atoms with Gasteiger partial charge in [-0.3, -0.25) is 5.41 Å². The van der Waals surface area contributed by atoms with E-state index in [-0.39, 0.29) is 11.9 Å². The summed E-state index contributed by atoms with van der Waals surface area (Å²) < 4.78 is 38.0. The van der Waals surface area contributed by atoms with Crippen molar-refractivity contribution in [2.45, 2.75) is 31.5 Å². The molecule has 0 aliphatic heterocycles. The van der Waals surface area contributed by atoms with Crippen molar-refractivity contribution in [3.8, 4) is 0 Å². The molecule has 1 aliphatic carbocycles. The average Bonchev–Trinajstić information content (AvgIpc) is 3.13. The summed E-state index contributed by atoms with van der Waals surface area (Å²) >= 11 is 0. The molecule has 0 bridgehead atoms. The van der Waals surface area contributed by atoms with Crippen molar-refractivity contribution >= 4 is 11.7 Å². The summed E-state index contributed by atoms with van der Waals surface area (Å²) in [5.74, 6) is 0.330. The van der Waals surface area contributed by atoms with Crippen molar-refractivity contribution < 1.29 is 13.2 Å². The van der Waals surface area contributed by atoms with Crippen LogP contribution in [0.5, 0.6) is 0 Å². The predicted octanol–water partition coefficient (Wildman–Crippen LogP) is 2.40. The van der Waals surface area contributed by atoms with Crippen molar-refractivity contribution in [2.24, 2.45) is 5.73 Å². The first-order valence-electron chi connectivity index (χ1n) is 6.00. The second kappa shape index (κ2) is 5.07. The third-order valence-corrected chi connectivity index (χ3v) is 2.98. The van der Waals surface area contributed by atoms with E-state index in [2.05, 4.69) is 4.98 Å². The van der Waals surface area contributed by atoms with Crippen LogP contribution < -0.4 is 10.6 Å². The first-order chi connectivity index (χ1) is 8.88. The maximum absolute atomic E-state index is 12.7. The summed E-state index contributed by atoms with van der Waals surface area (Å²) in [6.07, 6.45) is -0.991. The zero-order valence-electron chi connectivity index (χ0n) is 10.2. The van der Waals surface area contributed by atoms with E-state index in [1.807, 2.05) is 0 Å². The Bertz CT molecular complexity index is 468. The number of nitrogens with one attached hydrogen (secondary N) is 1. The Balaban J connectivity index is 2.19. The summed E-state index contributed by atoms with van der Waals surface area (Å²) in [4.78, 5) is 5.81. The van der Waals surface area contributed by atoms with Gasteiger partial charge in [0.15, 0.2) is 0 Å². The van der Waals surface area contributed by atoms with Crippen molar-refractivity contribution in [1.82, 2.24) is 4.98 Å². The van der Waals surface area contributed by atoms with E-state index in [1.54, 1.807) is 4.90 Å². The number of amidine groups is 1. The first-order valence-corrected chi connectivity index (χ1v) is 6.00. The molecule has 1 aromatic rings. The lowest BCUT2D eigenvalue weighted by atomic mass is 10.2. The normalized spacial score (nSPS) is 15.3. The van der Waals surface area contributed by atoms with E-state index in [0.29, 0.717) is 18.8 Å². The fourth-order valence-corrected chi connectivity index (χ4v) is 1.86. The fourth-order valence-electron chi connectivity index (χ4n) is 1.86. The minimum absolute atomic E-state index is 0.0256. The van der Waals surface area contributed by atoms with Crippen LogP contribution in [0.1, 0.15) is 24.8 Å². The summed E-state index contributed by atoms with van der Waals surface area (Å²) in [7, 11) is 0. The molecule has 3 N–H and O–H groups in total. The number of aromatic nitrogens is 1. The molecule has 19 heavy (non-hydrogen) atoms. The fraction of sp³-hybridized carbons (Fsp3) is 0.500. The quantitative estimate of drug-likeness (QED) is 0.639. The Morgan fingerprint density at radius 2 is 2.16 bits per heavy atom. The van der Waals surface area contributed by atoms with Crippen molar-refractivity contribution in [3.63, 3.8) is 0 Å². The summed E-state index contributed by atoms with van der Waals surface area (Å²) in [6, 6.07) is 2.23. The molecule has 1 saturated carbocycles. The Labute approximate surface area is 108 Å². The van der Waals surface area contributed by atoms with Gasteiger partial charge in [0.1, 0.15) is 5.82 Å². The topological polar surface area (TPSA) is 66.0 Å². The van der Waals surface area contributed by atoms with E-state index in [0.717, 1.165) is 25.0 Å². The van der Waals surface area contributed by atoms with Gasteiger partial charge in [-0.25, -0.2) is 4.98 Å². The van der Waals surface area contributed by atoms with Gasteiger partial charge >= 0.3 is 6.18 Å². The number of halogens is 3. The Morgan fingerprint density at radius 1 is 1.47 bits per heavy atom. The van der Waals surface area contributed by atoms with Crippen LogP contribution in [0, 0.1) is 5.41 Å². The zero-order valence-corrected chi connectivity index (χ0v) is 10.2. The second-order valence-electron chi connectivity index (χ2n) is 4.60. The summed E-state index contributed by atoms with van der Waals surface area (Å²) in [5, 5.41) is 7.20. The smallest absolute Gasteiger partial charge is 0.388 e. The molecule has 4 nitrogen and oxygen atoms in total. The molecule has 0 saturated heterocycles. The molecule has 0 unspecified atom stereocenters. The number of pyridine rings is 1. The number of nitrogens with zero attached hydrogens (tertiary/aromatic N) is 2. The average molecular weight is 272 g/mol. The lowest BCUT2D eigenvalue weighted by molar-refractivity contribution is -0.137. The lowest BCUT2D eigenvalue weighted by Crippen LogP contribution is -2.30. The monoisotopic (exact) mass is 272 g/mol. The zero-order chi connectivity index (χ0) is 14.0. The summed E-state index contributed by atoms with van der Waals surface area (Å²) in [6.45, 7) is 0.425. The second-order valence-corrected chi connectivity index (χ2v) is 4.60. The van der Waals surface area contributed by atoms with Crippen LogP contribution in [0.2, 0.25) is 0 Å². The van der Waals surface area contributed by atoms with E-state index in [1.165, 1.54) is 6.20 Å². The van der Waals surface area contributed by atoms with E-state index in [4.69, 9.17) is 11.1 Å². The maximum Gasteiger partial charge on any atom is 0.416 e. The molecule has 104 valence electrons. The highest BCUT2D eigenvalue weighted by atomic mass is 19.4. The van der Waals surface area contributed by atoms with Crippen LogP contribution in [-0.2, 0) is 6.18 Å². The minimum atomic E-state index is -4.37. The highest BCUT2D eigenvalue weighted by molar-refractivity contribution is 5.77. The molecule has 1 fully saturated rings. The third-order valence-electron chi connectivity index (χ3n) is 2.98. The summed E-state index contributed by atoms with van der Waals surface area (Å²) in [5.41, 5.74) is 4.59. The van der Waals surface area contributed by atoms with Crippen LogP contribution in [0.3, 0.4) is 0 Å². The molecule has 2 rings (SSSR count). The van der Waals surface area contributed by atoms with Gasteiger partial charge in [-0.1, -0.05) is 0 Å². The van der Waals surface area contributed by atoms with Gasteiger partial charge in [-0.15, -0.1) is 0 Å². The number of hydrogen-bond acceptors (Lipinski definition) is 3.